The molecule has 5 nitrogen and oxygen atoms in total. The van der Waals surface area contributed by atoms with Crippen molar-refractivity contribution in [3.8, 4) is 5.69 Å². The summed E-state index contributed by atoms with van der Waals surface area (Å²) in [6.07, 6.45) is 1.70. The van der Waals surface area contributed by atoms with Crippen LogP contribution in [0.25, 0.3) is 5.69 Å². The minimum absolute atomic E-state index is 0.557. The van der Waals surface area contributed by atoms with Crippen molar-refractivity contribution in [2.24, 2.45) is 0 Å². The highest BCUT2D eigenvalue weighted by atomic mass is 16.5. The van der Waals surface area contributed by atoms with Crippen molar-refractivity contribution < 1.29 is 9.47 Å². The van der Waals surface area contributed by atoms with E-state index in [4.69, 9.17) is 15.2 Å². The number of hydrogen-bond acceptors (Lipinski definition) is 4. The third kappa shape index (κ3) is 2.30. The Labute approximate surface area is 118 Å². The Hall–Kier alpha value is -1.85. The summed E-state index contributed by atoms with van der Waals surface area (Å²) >= 11 is 0. The highest BCUT2D eigenvalue weighted by molar-refractivity contribution is 5.50. The highest BCUT2D eigenvalue weighted by Crippen LogP contribution is 2.26. The zero-order chi connectivity index (χ0) is 13.9. The van der Waals surface area contributed by atoms with Crippen molar-refractivity contribution in [1.29, 1.82) is 0 Å². The van der Waals surface area contributed by atoms with Gasteiger partial charge >= 0.3 is 0 Å². The second-order valence-corrected chi connectivity index (χ2v) is 4.90. The van der Waals surface area contributed by atoms with E-state index in [9.17, 15) is 0 Å². The number of nitrogen functional groups attached to an aromatic ring is 1. The fourth-order valence-corrected chi connectivity index (χ4v) is 2.60. The second kappa shape index (κ2) is 5.64. The first-order valence-corrected chi connectivity index (χ1v) is 6.82. The number of benzene rings is 1. The molecule has 3 rings (SSSR count). The van der Waals surface area contributed by atoms with Gasteiger partial charge in [-0.25, -0.2) is 4.68 Å². The molecular weight excluding hydrogens is 254 g/mol. The lowest BCUT2D eigenvalue weighted by Gasteiger charge is -2.16. The first-order valence-electron chi connectivity index (χ1n) is 6.82. The zero-order valence-corrected chi connectivity index (χ0v) is 11.6. The predicted molar refractivity (Wildman–Crippen MR) is 76.9 cm³/mol. The molecule has 2 N–H and O–H groups in total. The highest BCUT2D eigenvalue weighted by Gasteiger charge is 2.21. The van der Waals surface area contributed by atoms with E-state index in [2.05, 4.69) is 17.2 Å². The average Bonchev–Trinajstić information content (AvgIpc) is 2.83. The molecule has 20 heavy (non-hydrogen) atoms. The predicted octanol–water partition coefficient (Wildman–Crippen LogP) is 1.72. The van der Waals surface area contributed by atoms with Crippen LogP contribution in [-0.4, -0.2) is 30.1 Å². The van der Waals surface area contributed by atoms with Crippen molar-refractivity contribution in [2.75, 3.05) is 26.1 Å². The van der Waals surface area contributed by atoms with Crippen molar-refractivity contribution in [2.45, 2.75) is 19.4 Å². The van der Waals surface area contributed by atoms with Crippen LogP contribution < -0.4 is 5.73 Å². The molecule has 0 fully saturated rings. The lowest BCUT2D eigenvalue weighted by molar-refractivity contribution is 0.110. The van der Waals surface area contributed by atoms with Crippen LogP contribution in [0, 0.1) is 0 Å². The molecule has 0 spiro atoms. The number of hydrogen-bond donors (Lipinski definition) is 1. The van der Waals surface area contributed by atoms with Crippen LogP contribution >= 0.6 is 0 Å². The first kappa shape index (κ1) is 13.1. The Morgan fingerprint density at radius 3 is 3.10 bits per heavy atom. The minimum atomic E-state index is 0.557. The van der Waals surface area contributed by atoms with Crippen LogP contribution in [-0.2, 0) is 28.9 Å². The molecule has 2 heterocycles. The van der Waals surface area contributed by atoms with Gasteiger partial charge in [0.05, 0.1) is 31.2 Å². The monoisotopic (exact) mass is 273 g/mol. The van der Waals surface area contributed by atoms with E-state index in [0.717, 1.165) is 30.7 Å². The van der Waals surface area contributed by atoms with Crippen LogP contribution in [0.5, 0.6) is 0 Å². The lowest BCUT2D eigenvalue weighted by Crippen LogP contribution is -2.14. The zero-order valence-electron chi connectivity index (χ0n) is 11.6. The van der Waals surface area contributed by atoms with Gasteiger partial charge in [0.2, 0.25) is 0 Å². The standard InChI is InChI=1S/C15H19N3O2/c1-19-8-6-11-4-2-3-5-13(11)18-14-7-9-20-10-12(14)15(16)17-18/h2-5H,6-10H2,1H3,(H2,16,17). The Kier molecular flexibility index (Phi) is 3.71. The summed E-state index contributed by atoms with van der Waals surface area (Å²) in [5, 5.41) is 4.50. The Morgan fingerprint density at radius 1 is 1.40 bits per heavy atom. The summed E-state index contributed by atoms with van der Waals surface area (Å²) in [6, 6.07) is 8.25. The quantitative estimate of drug-likeness (QED) is 0.921. The van der Waals surface area contributed by atoms with Gasteiger partial charge in [0.1, 0.15) is 0 Å². The summed E-state index contributed by atoms with van der Waals surface area (Å²) in [7, 11) is 1.72. The van der Waals surface area contributed by atoms with Crippen molar-refractivity contribution >= 4 is 5.82 Å². The van der Waals surface area contributed by atoms with Crippen LogP contribution in [0.1, 0.15) is 16.8 Å². The van der Waals surface area contributed by atoms with Crippen molar-refractivity contribution in [3.05, 3.63) is 41.1 Å². The number of methoxy groups -OCH3 is 1. The van der Waals surface area contributed by atoms with E-state index in [-0.39, 0.29) is 0 Å². The maximum atomic E-state index is 6.01. The van der Waals surface area contributed by atoms with Crippen LogP contribution in [0.2, 0.25) is 0 Å². The molecule has 1 aromatic carbocycles. The Morgan fingerprint density at radius 2 is 2.25 bits per heavy atom. The third-order valence-electron chi connectivity index (χ3n) is 3.65. The minimum Gasteiger partial charge on any atom is -0.384 e. The van der Waals surface area contributed by atoms with Gasteiger partial charge in [0.15, 0.2) is 5.82 Å². The van der Waals surface area contributed by atoms with Gasteiger partial charge < -0.3 is 15.2 Å². The molecule has 0 saturated heterocycles. The van der Waals surface area contributed by atoms with Gasteiger partial charge in [-0.2, -0.15) is 5.10 Å². The molecule has 0 bridgehead atoms. The Balaban J connectivity index is 2.05. The maximum Gasteiger partial charge on any atom is 0.151 e. The Bertz CT molecular complexity index is 607. The molecular formula is C15H19N3O2. The number of para-hydroxylation sites is 1. The smallest absolute Gasteiger partial charge is 0.151 e. The number of rotatable bonds is 4. The van der Waals surface area contributed by atoms with Gasteiger partial charge in [-0.3, -0.25) is 0 Å². The van der Waals surface area contributed by atoms with Gasteiger partial charge in [0, 0.05) is 19.1 Å². The number of ether oxygens (including phenoxy) is 2. The van der Waals surface area contributed by atoms with Crippen molar-refractivity contribution in [3.63, 3.8) is 0 Å². The molecule has 5 heteroatoms. The number of nitrogens with two attached hydrogens (primary N) is 1. The van der Waals surface area contributed by atoms with Gasteiger partial charge in [0.25, 0.3) is 0 Å². The molecule has 0 aliphatic carbocycles. The molecule has 0 saturated carbocycles. The number of fused-ring (bicyclic) bond motifs is 1. The van der Waals surface area contributed by atoms with E-state index in [0.29, 0.717) is 19.0 Å². The SMILES string of the molecule is COCCc1ccccc1-n1nc(N)c2c1CCOC2. The summed E-state index contributed by atoms with van der Waals surface area (Å²) in [4.78, 5) is 0. The lowest BCUT2D eigenvalue weighted by atomic mass is 10.1. The van der Waals surface area contributed by atoms with Crippen LogP contribution in [0.4, 0.5) is 5.82 Å². The van der Waals surface area contributed by atoms with Crippen LogP contribution in [0.3, 0.4) is 0 Å². The number of aromatic nitrogens is 2. The normalized spacial score (nSPS) is 14.2. The maximum absolute atomic E-state index is 6.01. The average molecular weight is 273 g/mol. The van der Waals surface area contributed by atoms with E-state index in [1.807, 2.05) is 16.8 Å². The van der Waals surface area contributed by atoms with E-state index in [1.165, 1.54) is 11.3 Å². The molecule has 0 radical (unpaired) electrons. The first-order chi connectivity index (χ1) is 9.81. The van der Waals surface area contributed by atoms with E-state index in [1.54, 1.807) is 7.11 Å². The molecule has 2 aromatic rings. The van der Waals surface area contributed by atoms with Gasteiger partial charge in [-0.05, 0) is 18.1 Å². The van der Waals surface area contributed by atoms with Crippen molar-refractivity contribution in [1.82, 2.24) is 9.78 Å². The fraction of sp³-hybridized carbons (Fsp3) is 0.400. The van der Waals surface area contributed by atoms with Gasteiger partial charge in [-0.1, -0.05) is 18.2 Å². The molecule has 0 unspecified atom stereocenters. The number of nitrogens with zero attached hydrogens (tertiary/aromatic N) is 2. The topological polar surface area (TPSA) is 62.3 Å². The van der Waals surface area contributed by atoms with E-state index >= 15 is 0 Å². The fourth-order valence-electron chi connectivity index (χ4n) is 2.60. The largest absolute Gasteiger partial charge is 0.384 e. The molecule has 0 amide bonds. The molecule has 106 valence electrons. The van der Waals surface area contributed by atoms with Gasteiger partial charge in [-0.15, -0.1) is 0 Å². The summed E-state index contributed by atoms with van der Waals surface area (Å²) in [5.74, 6) is 0.571. The summed E-state index contributed by atoms with van der Waals surface area (Å²) in [6.45, 7) is 1.97. The molecule has 1 aliphatic heterocycles. The summed E-state index contributed by atoms with van der Waals surface area (Å²) in [5.41, 5.74) is 10.5. The summed E-state index contributed by atoms with van der Waals surface area (Å²) < 4.78 is 12.6. The second-order valence-electron chi connectivity index (χ2n) is 4.90. The molecule has 1 aliphatic rings. The molecule has 0 atom stereocenters. The number of anilines is 1. The third-order valence-corrected chi connectivity index (χ3v) is 3.65. The molecule has 1 aromatic heterocycles. The van der Waals surface area contributed by atoms with E-state index < -0.39 is 0 Å². The van der Waals surface area contributed by atoms with Crippen LogP contribution in [0.15, 0.2) is 24.3 Å².